The van der Waals surface area contributed by atoms with Gasteiger partial charge in [0.15, 0.2) is 0 Å². The molecule has 1 aliphatic heterocycles. The molecule has 1 aromatic heterocycles. The van der Waals surface area contributed by atoms with Gasteiger partial charge in [-0.15, -0.1) is 0 Å². The number of pyridine rings is 1. The van der Waals surface area contributed by atoms with Crippen LogP contribution in [0, 0.1) is 11.3 Å². The van der Waals surface area contributed by atoms with Crippen LogP contribution in [-0.4, -0.2) is 48.6 Å². The first-order valence-electron chi connectivity index (χ1n) is 8.15. The van der Waals surface area contributed by atoms with E-state index >= 15 is 0 Å². The summed E-state index contributed by atoms with van der Waals surface area (Å²) in [6.07, 6.45) is -3.33. The molecule has 0 aromatic carbocycles. The quantitative estimate of drug-likeness (QED) is 0.878. The summed E-state index contributed by atoms with van der Waals surface area (Å²) in [5, 5.41) is 2.98. The average molecular weight is 359 g/mol. The molecule has 2 atom stereocenters. The highest BCUT2D eigenvalue weighted by molar-refractivity contribution is 5.82. The third-order valence-electron chi connectivity index (χ3n) is 4.37. The standard InChI is InChI=1S/C17H24F3N3O2/c1-11-8-23(4)9-13(11)22-15(24)16(2,3)10-25-14-12(17(18,19)20)6-5-7-21-14/h5-7,11,13H,8-10H2,1-4H3,(H,22,24)/t11-,13-/m1/s1. The van der Waals surface area contributed by atoms with Crippen LogP contribution in [0.25, 0.3) is 0 Å². The van der Waals surface area contributed by atoms with Gasteiger partial charge in [-0.25, -0.2) is 4.98 Å². The maximum absolute atomic E-state index is 13.0. The van der Waals surface area contributed by atoms with E-state index in [4.69, 9.17) is 4.74 Å². The molecule has 2 rings (SSSR count). The Hall–Kier alpha value is -1.83. The van der Waals surface area contributed by atoms with E-state index in [1.165, 1.54) is 12.3 Å². The number of aromatic nitrogens is 1. The lowest BCUT2D eigenvalue weighted by Crippen LogP contribution is -2.48. The zero-order valence-corrected chi connectivity index (χ0v) is 14.9. The maximum atomic E-state index is 13.0. The highest BCUT2D eigenvalue weighted by Crippen LogP contribution is 2.35. The Morgan fingerprint density at radius 1 is 1.40 bits per heavy atom. The Bertz CT molecular complexity index is 619. The third-order valence-corrected chi connectivity index (χ3v) is 4.37. The number of halogens is 3. The number of alkyl halides is 3. The van der Waals surface area contributed by atoms with E-state index in [0.717, 1.165) is 19.2 Å². The largest absolute Gasteiger partial charge is 0.476 e. The molecule has 25 heavy (non-hydrogen) atoms. The number of hydrogen-bond donors (Lipinski definition) is 1. The molecule has 0 radical (unpaired) electrons. The molecule has 0 bridgehead atoms. The van der Waals surface area contributed by atoms with Crippen LogP contribution in [0.3, 0.4) is 0 Å². The van der Waals surface area contributed by atoms with E-state index in [2.05, 4.69) is 22.1 Å². The first kappa shape index (κ1) is 19.5. The molecule has 1 saturated heterocycles. The molecule has 140 valence electrons. The predicted molar refractivity (Wildman–Crippen MR) is 87.1 cm³/mol. The molecule has 1 aliphatic rings. The number of carbonyl (C=O) groups excluding carboxylic acids is 1. The van der Waals surface area contributed by atoms with Crippen LogP contribution >= 0.6 is 0 Å². The second-order valence-corrected chi connectivity index (χ2v) is 7.30. The van der Waals surface area contributed by atoms with E-state index in [0.29, 0.717) is 5.92 Å². The molecule has 1 N–H and O–H groups in total. The molecule has 0 aliphatic carbocycles. The molecule has 0 spiro atoms. The molecule has 5 nitrogen and oxygen atoms in total. The number of rotatable bonds is 5. The minimum atomic E-state index is -4.56. The second-order valence-electron chi connectivity index (χ2n) is 7.30. The fourth-order valence-corrected chi connectivity index (χ4v) is 2.80. The van der Waals surface area contributed by atoms with E-state index < -0.39 is 23.0 Å². The van der Waals surface area contributed by atoms with Crippen molar-refractivity contribution < 1.29 is 22.7 Å². The van der Waals surface area contributed by atoms with Crippen LogP contribution in [0.2, 0.25) is 0 Å². The summed E-state index contributed by atoms with van der Waals surface area (Å²) in [7, 11) is 1.98. The molecule has 0 saturated carbocycles. The van der Waals surface area contributed by atoms with Gasteiger partial charge in [-0.1, -0.05) is 6.92 Å². The summed E-state index contributed by atoms with van der Waals surface area (Å²) >= 11 is 0. The van der Waals surface area contributed by atoms with Crippen molar-refractivity contribution >= 4 is 5.91 Å². The Balaban J connectivity index is 2.01. The number of amides is 1. The SMILES string of the molecule is C[C@@H]1CN(C)C[C@H]1NC(=O)C(C)(C)COc1ncccc1C(F)(F)F. The van der Waals surface area contributed by atoms with Gasteiger partial charge in [-0.3, -0.25) is 4.79 Å². The number of hydrogen-bond acceptors (Lipinski definition) is 4. The van der Waals surface area contributed by atoms with Crippen LogP contribution < -0.4 is 10.1 Å². The first-order chi connectivity index (χ1) is 11.5. The summed E-state index contributed by atoms with van der Waals surface area (Å²) in [6.45, 7) is 6.79. The second kappa shape index (κ2) is 7.19. The van der Waals surface area contributed by atoms with Crippen LogP contribution in [0.15, 0.2) is 18.3 Å². The number of likely N-dealkylation sites (tertiary alicyclic amines) is 1. The van der Waals surface area contributed by atoms with Gasteiger partial charge < -0.3 is 15.0 Å². The molecule has 0 unspecified atom stereocenters. The molecular weight excluding hydrogens is 335 g/mol. The summed E-state index contributed by atoms with van der Waals surface area (Å²) < 4.78 is 44.2. The minimum Gasteiger partial charge on any atom is -0.476 e. The third kappa shape index (κ3) is 4.84. The molecule has 2 heterocycles. The smallest absolute Gasteiger partial charge is 0.421 e. The monoisotopic (exact) mass is 359 g/mol. The van der Waals surface area contributed by atoms with Crippen molar-refractivity contribution in [3.63, 3.8) is 0 Å². The lowest BCUT2D eigenvalue weighted by atomic mass is 9.92. The van der Waals surface area contributed by atoms with Gasteiger partial charge in [0.25, 0.3) is 0 Å². The average Bonchev–Trinajstić information content (AvgIpc) is 2.82. The number of likely N-dealkylation sites (N-methyl/N-ethyl adjacent to an activating group) is 1. The zero-order valence-electron chi connectivity index (χ0n) is 14.9. The van der Waals surface area contributed by atoms with Crippen LogP contribution in [0.4, 0.5) is 13.2 Å². The van der Waals surface area contributed by atoms with E-state index in [-0.39, 0.29) is 18.6 Å². The van der Waals surface area contributed by atoms with Crippen molar-refractivity contribution in [3.8, 4) is 5.88 Å². The van der Waals surface area contributed by atoms with Crippen LogP contribution in [0.1, 0.15) is 26.3 Å². The Morgan fingerprint density at radius 3 is 2.64 bits per heavy atom. The molecule has 1 fully saturated rings. The van der Waals surface area contributed by atoms with E-state index in [9.17, 15) is 18.0 Å². The minimum absolute atomic E-state index is 0.0253. The Morgan fingerprint density at radius 2 is 2.08 bits per heavy atom. The van der Waals surface area contributed by atoms with E-state index in [1.54, 1.807) is 13.8 Å². The van der Waals surface area contributed by atoms with Crippen LogP contribution in [0.5, 0.6) is 5.88 Å². The van der Waals surface area contributed by atoms with Gasteiger partial charge in [-0.2, -0.15) is 13.2 Å². The Kier molecular flexibility index (Phi) is 5.61. The van der Waals surface area contributed by atoms with Crippen molar-refractivity contribution in [1.82, 2.24) is 15.2 Å². The number of carbonyl (C=O) groups is 1. The molecular formula is C17H24F3N3O2. The lowest BCUT2D eigenvalue weighted by molar-refractivity contribution is -0.139. The van der Waals surface area contributed by atoms with Crippen molar-refractivity contribution in [2.45, 2.75) is 33.0 Å². The number of nitrogens with zero attached hydrogens (tertiary/aromatic N) is 2. The zero-order chi connectivity index (χ0) is 18.8. The van der Waals surface area contributed by atoms with E-state index in [1.807, 2.05) is 7.05 Å². The van der Waals surface area contributed by atoms with Crippen molar-refractivity contribution in [3.05, 3.63) is 23.9 Å². The summed E-state index contributed by atoms with van der Waals surface area (Å²) in [5.74, 6) is -0.438. The van der Waals surface area contributed by atoms with Gasteiger partial charge in [0, 0.05) is 25.3 Å². The molecule has 8 heteroatoms. The summed E-state index contributed by atoms with van der Waals surface area (Å²) in [4.78, 5) is 18.3. The Labute approximate surface area is 145 Å². The fraction of sp³-hybridized carbons (Fsp3) is 0.647. The molecule has 1 amide bonds. The van der Waals surface area contributed by atoms with Crippen molar-refractivity contribution in [1.29, 1.82) is 0 Å². The molecule has 1 aromatic rings. The van der Waals surface area contributed by atoms with Crippen molar-refractivity contribution in [2.24, 2.45) is 11.3 Å². The first-order valence-corrected chi connectivity index (χ1v) is 8.15. The highest BCUT2D eigenvalue weighted by atomic mass is 19.4. The summed E-state index contributed by atoms with van der Waals surface area (Å²) in [6, 6.07) is 2.13. The van der Waals surface area contributed by atoms with Gasteiger partial charge in [0.2, 0.25) is 11.8 Å². The highest BCUT2D eigenvalue weighted by Gasteiger charge is 2.37. The number of nitrogens with one attached hydrogen (secondary N) is 1. The topological polar surface area (TPSA) is 54.5 Å². The maximum Gasteiger partial charge on any atom is 0.421 e. The van der Waals surface area contributed by atoms with Gasteiger partial charge >= 0.3 is 6.18 Å². The predicted octanol–water partition coefficient (Wildman–Crippen LogP) is 2.57. The van der Waals surface area contributed by atoms with Gasteiger partial charge in [-0.05, 0) is 38.9 Å². The fourth-order valence-electron chi connectivity index (χ4n) is 2.80. The normalized spacial score (nSPS) is 22.0. The van der Waals surface area contributed by atoms with Crippen LogP contribution in [-0.2, 0) is 11.0 Å². The van der Waals surface area contributed by atoms with Gasteiger partial charge in [0.1, 0.15) is 12.2 Å². The summed E-state index contributed by atoms with van der Waals surface area (Å²) in [5.41, 5.74) is -1.93. The van der Waals surface area contributed by atoms with Gasteiger partial charge in [0.05, 0.1) is 5.41 Å². The lowest BCUT2D eigenvalue weighted by Gasteiger charge is -2.27. The number of ether oxygens (including phenoxy) is 1. The van der Waals surface area contributed by atoms with Crippen molar-refractivity contribution in [2.75, 3.05) is 26.7 Å².